The highest BCUT2D eigenvalue weighted by Gasteiger charge is 2.46. The molecule has 0 unspecified atom stereocenters. The van der Waals surface area contributed by atoms with E-state index in [1.807, 2.05) is 6.92 Å². The maximum atomic E-state index is 13.0. The van der Waals surface area contributed by atoms with Crippen molar-refractivity contribution in [2.24, 2.45) is 5.41 Å². The number of unbranched alkanes of at least 4 members (excludes halogenated alkanes) is 1. The smallest absolute Gasteiger partial charge is 0.313 e. The van der Waals surface area contributed by atoms with E-state index in [0.717, 1.165) is 12.8 Å². The molecule has 0 atom stereocenters. The second-order valence-corrected chi connectivity index (χ2v) is 4.51. The molecule has 0 bridgehead atoms. The van der Waals surface area contributed by atoms with Crippen molar-refractivity contribution in [1.82, 2.24) is 0 Å². The van der Waals surface area contributed by atoms with Crippen LogP contribution in [-0.4, -0.2) is 17.0 Å². The summed E-state index contributed by atoms with van der Waals surface area (Å²) in [5.41, 5.74) is -1.06. The summed E-state index contributed by atoms with van der Waals surface area (Å²) in [6.07, 6.45) is 4.58. The number of carbonyl (C=O) groups is 1. The molecule has 0 aromatic carbocycles. The summed E-state index contributed by atoms with van der Waals surface area (Å²) < 4.78 is 26.0. The van der Waals surface area contributed by atoms with E-state index in [0.29, 0.717) is 0 Å². The van der Waals surface area contributed by atoms with E-state index < -0.39 is 17.3 Å². The third-order valence-corrected chi connectivity index (χ3v) is 3.19. The van der Waals surface area contributed by atoms with Gasteiger partial charge in [-0.05, 0) is 19.3 Å². The van der Waals surface area contributed by atoms with Crippen LogP contribution in [0.5, 0.6) is 0 Å². The minimum absolute atomic E-state index is 0.0372. The first-order valence-electron chi connectivity index (χ1n) is 5.71. The predicted octanol–water partition coefficient (Wildman–Crippen LogP) is 3.62. The zero-order valence-electron chi connectivity index (χ0n) is 9.51. The largest absolute Gasteiger partial charge is 0.481 e. The number of rotatable bonds is 4. The fourth-order valence-corrected chi connectivity index (χ4v) is 1.99. The summed E-state index contributed by atoms with van der Waals surface area (Å²) >= 11 is 0. The topological polar surface area (TPSA) is 37.3 Å². The van der Waals surface area contributed by atoms with Crippen LogP contribution in [0.3, 0.4) is 0 Å². The maximum Gasteiger partial charge on any atom is 0.313 e. The molecule has 1 aliphatic rings. The molecule has 2 nitrogen and oxygen atoms in total. The molecule has 92 valence electrons. The van der Waals surface area contributed by atoms with Crippen molar-refractivity contribution in [3.05, 3.63) is 12.2 Å². The summed E-state index contributed by atoms with van der Waals surface area (Å²) in [5, 5.41) is 9.16. The van der Waals surface area contributed by atoms with Crippen LogP contribution in [0, 0.1) is 5.41 Å². The first-order valence-corrected chi connectivity index (χ1v) is 5.71. The van der Waals surface area contributed by atoms with Crippen LogP contribution >= 0.6 is 0 Å². The van der Waals surface area contributed by atoms with Gasteiger partial charge in [0.25, 0.3) is 0 Å². The van der Waals surface area contributed by atoms with Crippen LogP contribution in [0.4, 0.5) is 8.78 Å². The van der Waals surface area contributed by atoms with Crippen LogP contribution in [0.2, 0.25) is 0 Å². The molecule has 1 fully saturated rings. The second kappa shape index (κ2) is 4.93. The Hall–Kier alpha value is -0.930. The van der Waals surface area contributed by atoms with Crippen LogP contribution in [-0.2, 0) is 4.79 Å². The van der Waals surface area contributed by atoms with E-state index in [1.165, 1.54) is 0 Å². The molecule has 1 saturated carbocycles. The van der Waals surface area contributed by atoms with Crippen molar-refractivity contribution >= 4 is 5.97 Å². The van der Waals surface area contributed by atoms with Crippen LogP contribution in [0.1, 0.15) is 45.4 Å². The lowest BCUT2D eigenvalue weighted by Gasteiger charge is -2.34. The molecular weight excluding hydrogens is 214 g/mol. The number of carboxylic acid groups (broad SMARTS) is 1. The standard InChI is InChI=1S/C12H18F2O2/c1-2-3-4-5-11(10(15)16)6-8-12(13,14)9-7-11/h4-5H,2-3,6-9H2,1H3,(H,15,16)/b5-4+. The van der Waals surface area contributed by atoms with E-state index in [-0.39, 0.29) is 25.7 Å². The summed E-state index contributed by atoms with van der Waals surface area (Å²) in [6.45, 7) is 1.99. The normalized spacial score (nSPS) is 23.4. The van der Waals surface area contributed by atoms with Crippen LogP contribution in [0.15, 0.2) is 12.2 Å². The Balaban J connectivity index is 2.73. The predicted molar refractivity (Wildman–Crippen MR) is 57.5 cm³/mol. The lowest BCUT2D eigenvalue weighted by molar-refractivity contribution is -0.152. The number of aliphatic carboxylic acids is 1. The van der Waals surface area contributed by atoms with Gasteiger partial charge in [0.15, 0.2) is 0 Å². The monoisotopic (exact) mass is 232 g/mol. The minimum Gasteiger partial charge on any atom is -0.481 e. The fraction of sp³-hybridized carbons (Fsp3) is 0.750. The van der Waals surface area contributed by atoms with Gasteiger partial charge in [-0.3, -0.25) is 4.79 Å². The molecule has 1 aliphatic carbocycles. The highest BCUT2D eigenvalue weighted by molar-refractivity contribution is 5.77. The Bertz CT molecular complexity index is 275. The Morgan fingerprint density at radius 3 is 2.31 bits per heavy atom. The molecule has 0 aromatic rings. The zero-order chi connectivity index (χ0) is 12.2. The van der Waals surface area contributed by atoms with E-state index in [1.54, 1.807) is 12.2 Å². The van der Waals surface area contributed by atoms with Gasteiger partial charge in [-0.2, -0.15) is 0 Å². The lowest BCUT2D eigenvalue weighted by Crippen LogP contribution is -2.37. The molecule has 16 heavy (non-hydrogen) atoms. The Morgan fingerprint density at radius 1 is 1.31 bits per heavy atom. The number of hydrogen-bond donors (Lipinski definition) is 1. The summed E-state index contributed by atoms with van der Waals surface area (Å²) in [5.74, 6) is -3.66. The van der Waals surface area contributed by atoms with Gasteiger partial charge in [-0.1, -0.05) is 25.5 Å². The summed E-state index contributed by atoms with van der Waals surface area (Å²) in [4.78, 5) is 11.2. The summed E-state index contributed by atoms with van der Waals surface area (Å²) in [6, 6.07) is 0. The molecule has 0 spiro atoms. The summed E-state index contributed by atoms with van der Waals surface area (Å²) in [7, 11) is 0. The SMILES string of the molecule is CCC/C=C/C1(C(=O)O)CCC(F)(F)CC1. The van der Waals surface area contributed by atoms with Gasteiger partial charge in [0.2, 0.25) is 5.92 Å². The molecule has 0 radical (unpaired) electrons. The molecule has 0 aliphatic heterocycles. The molecule has 4 heteroatoms. The van der Waals surface area contributed by atoms with Crippen molar-refractivity contribution < 1.29 is 18.7 Å². The van der Waals surface area contributed by atoms with Gasteiger partial charge < -0.3 is 5.11 Å². The molecular formula is C12H18F2O2. The van der Waals surface area contributed by atoms with Crippen molar-refractivity contribution in [2.75, 3.05) is 0 Å². The molecule has 1 N–H and O–H groups in total. The van der Waals surface area contributed by atoms with Crippen LogP contribution in [0.25, 0.3) is 0 Å². The fourth-order valence-electron chi connectivity index (χ4n) is 1.99. The minimum atomic E-state index is -2.68. The average Bonchev–Trinajstić information content (AvgIpc) is 2.21. The number of hydrogen-bond acceptors (Lipinski definition) is 1. The van der Waals surface area contributed by atoms with Gasteiger partial charge in [0, 0.05) is 12.8 Å². The van der Waals surface area contributed by atoms with Gasteiger partial charge in [0.05, 0.1) is 5.41 Å². The molecule has 0 saturated heterocycles. The Kier molecular flexibility index (Phi) is 4.05. The molecule has 0 amide bonds. The quantitative estimate of drug-likeness (QED) is 0.751. The second-order valence-electron chi connectivity index (χ2n) is 4.51. The van der Waals surface area contributed by atoms with E-state index in [4.69, 9.17) is 5.11 Å². The van der Waals surface area contributed by atoms with Crippen molar-refractivity contribution in [3.63, 3.8) is 0 Å². The highest BCUT2D eigenvalue weighted by Crippen LogP contribution is 2.44. The lowest BCUT2D eigenvalue weighted by atomic mass is 9.72. The third-order valence-electron chi connectivity index (χ3n) is 3.19. The van der Waals surface area contributed by atoms with Crippen molar-refractivity contribution in [2.45, 2.75) is 51.4 Å². The van der Waals surface area contributed by atoms with Gasteiger partial charge in [0.1, 0.15) is 0 Å². The zero-order valence-corrected chi connectivity index (χ0v) is 9.51. The van der Waals surface area contributed by atoms with Gasteiger partial charge in [-0.25, -0.2) is 8.78 Å². The number of halogens is 2. The van der Waals surface area contributed by atoms with Crippen molar-refractivity contribution in [1.29, 1.82) is 0 Å². The average molecular weight is 232 g/mol. The molecule has 1 rings (SSSR count). The van der Waals surface area contributed by atoms with E-state index in [2.05, 4.69) is 0 Å². The number of carboxylic acids is 1. The first-order chi connectivity index (χ1) is 7.42. The van der Waals surface area contributed by atoms with Gasteiger partial charge in [-0.15, -0.1) is 0 Å². The Morgan fingerprint density at radius 2 is 1.88 bits per heavy atom. The maximum absolute atomic E-state index is 13.0. The number of allylic oxidation sites excluding steroid dienone is 1. The van der Waals surface area contributed by atoms with Gasteiger partial charge >= 0.3 is 5.97 Å². The van der Waals surface area contributed by atoms with Crippen molar-refractivity contribution in [3.8, 4) is 0 Å². The van der Waals surface area contributed by atoms with Crippen LogP contribution < -0.4 is 0 Å². The first kappa shape index (κ1) is 13.1. The molecule has 0 heterocycles. The third kappa shape index (κ3) is 3.03. The number of alkyl halides is 2. The van der Waals surface area contributed by atoms with E-state index >= 15 is 0 Å². The highest BCUT2D eigenvalue weighted by atomic mass is 19.3. The van der Waals surface area contributed by atoms with E-state index in [9.17, 15) is 13.6 Å². The Labute approximate surface area is 94.3 Å². The molecule has 0 aromatic heterocycles.